The predicted molar refractivity (Wildman–Crippen MR) is 99.3 cm³/mol. The number of amides is 2. The molecule has 0 bridgehead atoms. The number of hydrogen-bond donors (Lipinski definition) is 3. The fourth-order valence-corrected chi connectivity index (χ4v) is 2.31. The van der Waals surface area contributed by atoms with Crippen molar-refractivity contribution in [2.24, 2.45) is 5.92 Å². The standard InChI is InChI=1S/C20H26N2O3/c1-16(11-12-23)13-21-20(24)22-19-9-7-18(8-10-19)15-25-14-17-5-3-2-4-6-17/h2-10,16,23H,11-15H2,1H3,(H2,21,22,24). The summed E-state index contributed by atoms with van der Waals surface area (Å²) in [5, 5.41) is 14.4. The Balaban J connectivity index is 1.71. The maximum absolute atomic E-state index is 11.8. The maximum atomic E-state index is 11.8. The molecule has 3 N–H and O–H groups in total. The molecule has 0 aliphatic carbocycles. The molecule has 0 spiro atoms. The number of nitrogens with one attached hydrogen (secondary N) is 2. The topological polar surface area (TPSA) is 70.6 Å². The molecule has 5 heteroatoms. The fourth-order valence-electron chi connectivity index (χ4n) is 2.31. The molecule has 1 atom stereocenters. The van der Waals surface area contributed by atoms with Crippen molar-refractivity contribution < 1.29 is 14.6 Å². The lowest BCUT2D eigenvalue weighted by Crippen LogP contribution is -2.32. The largest absolute Gasteiger partial charge is 0.396 e. The van der Waals surface area contributed by atoms with Crippen LogP contribution in [0.2, 0.25) is 0 Å². The molecule has 2 aromatic rings. The summed E-state index contributed by atoms with van der Waals surface area (Å²) in [5.74, 6) is 0.250. The van der Waals surface area contributed by atoms with Crippen LogP contribution in [0.25, 0.3) is 0 Å². The first kappa shape index (κ1) is 19.0. The molecule has 0 aliphatic rings. The quantitative estimate of drug-likeness (QED) is 0.653. The first-order chi connectivity index (χ1) is 12.2. The van der Waals surface area contributed by atoms with Crippen LogP contribution in [0.4, 0.5) is 10.5 Å². The molecule has 0 aliphatic heterocycles. The van der Waals surface area contributed by atoms with Crippen LogP contribution in [0, 0.1) is 5.92 Å². The first-order valence-electron chi connectivity index (χ1n) is 8.53. The molecule has 2 aromatic carbocycles. The van der Waals surface area contributed by atoms with E-state index in [0.717, 1.165) is 16.8 Å². The number of ether oxygens (including phenoxy) is 1. The number of rotatable bonds is 9. The Morgan fingerprint density at radius 1 is 1.04 bits per heavy atom. The number of urea groups is 1. The number of hydrogen-bond acceptors (Lipinski definition) is 3. The van der Waals surface area contributed by atoms with E-state index in [2.05, 4.69) is 10.6 Å². The molecule has 0 aromatic heterocycles. The van der Waals surface area contributed by atoms with Gasteiger partial charge in [0.05, 0.1) is 13.2 Å². The molecule has 1 unspecified atom stereocenters. The number of anilines is 1. The van der Waals surface area contributed by atoms with Gasteiger partial charge in [-0.05, 0) is 35.6 Å². The Morgan fingerprint density at radius 3 is 2.32 bits per heavy atom. The highest BCUT2D eigenvalue weighted by Crippen LogP contribution is 2.11. The molecular weight excluding hydrogens is 316 g/mol. The summed E-state index contributed by atoms with van der Waals surface area (Å²) in [6, 6.07) is 17.4. The van der Waals surface area contributed by atoms with Gasteiger partial charge in [-0.15, -0.1) is 0 Å². The monoisotopic (exact) mass is 342 g/mol. The van der Waals surface area contributed by atoms with Crippen LogP contribution in [0.15, 0.2) is 54.6 Å². The van der Waals surface area contributed by atoms with Crippen molar-refractivity contribution in [3.63, 3.8) is 0 Å². The van der Waals surface area contributed by atoms with Gasteiger partial charge in [0.2, 0.25) is 0 Å². The smallest absolute Gasteiger partial charge is 0.319 e. The molecule has 2 amide bonds. The average Bonchev–Trinajstić information content (AvgIpc) is 2.63. The Kier molecular flexibility index (Phi) is 7.95. The van der Waals surface area contributed by atoms with Crippen molar-refractivity contribution >= 4 is 11.7 Å². The van der Waals surface area contributed by atoms with E-state index in [1.165, 1.54) is 0 Å². The second kappa shape index (κ2) is 10.5. The molecule has 134 valence electrons. The van der Waals surface area contributed by atoms with Crippen molar-refractivity contribution in [1.29, 1.82) is 0 Å². The van der Waals surface area contributed by atoms with Crippen LogP contribution in [0.1, 0.15) is 24.5 Å². The van der Waals surface area contributed by atoms with Crippen molar-refractivity contribution in [1.82, 2.24) is 5.32 Å². The Morgan fingerprint density at radius 2 is 1.68 bits per heavy atom. The van der Waals surface area contributed by atoms with Crippen LogP contribution in [0.5, 0.6) is 0 Å². The molecule has 0 saturated heterocycles. The second-order valence-electron chi connectivity index (χ2n) is 6.13. The van der Waals surface area contributed by atoms with Gasteiger partial charge in [0, 0.05) is 18.8 Å². The van der Waals surface area contributed by atoms with Gasteiger partial charge in [0.15, 0.2) is 0 Å². The highest BCUT2D eigenvalue weighted by atomic mass is 16.5. The van der Waals surface area contributed by atoms with E-state index in [4.69, 9.17) is 9.84 Å². The molecule has 2 rings (SSSR count). The van der Waals surface area contributed by atoms with Gasteiger partial charge in [0.1, 0.15) is 0 Å². The van der Waals surface area contributed by atoms with E-state index in [0.29, 0.717) is 26.2 Å². The van der Waals surface area contributed by atoms with E-state index in [1.807, 2.05) is 61.5 Å². The number of carbonyl (C=O) groups is 1. The molecule has 0 heterocycles. The highest BCUT2D eigenvalue weighted by molar-refractivity contribution is 5.89. The van der Waals surface area contributed by atoms with Crippen molar-refractivity contribution in [2.75, 3.05) is 18.5 Å². The van der Waals surface area contributed by atoms with Gasteiger partial charge in [-0.25, -0.2) is 4.79 Å². The normalized spacial score (nSPS) is 11.8. The lowest BCUT2D eigenvalue weighted by Gasteiger charge is -2.12. The third kappa shape index (κ3) is 7.37. The van der Waals surface area contributed by atoms with Gasteiger partial charge >= 0.3 is 6.03 Å². The van der Waals surface area contributed by atoms with Gasteiger partial charge in [0.25, 0.3) is 0 Å². The number of benzene rings is 2. The molecular formula is C20H26N2O3. The highest BCUT2D eigenvalue weighted by Gasteiger charge is 2.05. The Labute approximate surface area is 149 Å². The van der Waals surface area contributed by atoms with Crippen molar-refractivity contribution in [3.8, 4) is 0 Å². The molecule has 0 radical (unpaired) electrons. The number of carbonyl (C=O) groups excluding carboxylic acids is 1. The number of aliphatic hydroxyl groups excluding tert-OH is 1. The van der Waals surface area contributed by atoms with Crippen LogP contribution in [0.3, 0.4) is 0 Å². The third-order valence-corrected chi connectivity index (χ3v) is 3.83. The van der Waals surface area contributed by atoms with E-state index in [-0.39, 0.29) is 18.6 Å². The zero-order valence-electron chi connectivity index (χ0n) is 14.6. The van der Waals surface area contributed by atoms with E-state index in [1.54, 1.807) is 0 Å². The maximum Gasteiger partial charge on any atom is 0.319 e. The van der Waals surface area contributed by atoms with Crippen molar-refractivity contribution in [3.05, 3.63) is 65.7 Å². The van der Waals surface area contributed by atoms with Crippen molar-refractivity contribution in [2.45, 2.75) is 26.6 Å². The Hall–Kier alpha value is -2.37. The van der Waals surface area contributed by atoms with Gasteiger partial charge < -0.3 is 20.5 Å². The minimum atomic E-state index is -0.238. The minimum Gasteiger partial charge on any atom is -0.396 e. The lowest BCUT2D eigenvalue weighted by atomic mass is 10.1. The summed E-state index contributed by atoms with van der Waals surface area (Å²) in [5.41, 5.74) is 2.94. The van der Waals surface area contributed by atoms with E-state index in [9.17, 15) is 4.79 Å². The summed E-state index contributed by atoms with van der Waals surface area (Å²) in [6.45, 7) is 3.77. The van der Waals surface area contributed by atoms with E-state index >= 15 is 0 Å². The van der Waals surface area contributed by atoms with Crippen LogP contribution >= 0.6 is 0 Å². The summed E-state index contributed by atoms with van der Waals surface area (Å²) in [7, 11) is 0. The van der Waals surface area contributed by atoms with E-state index < -0.39 is 0 Å². The predicted octanol–water partition coefficient (Wildman–Crippen LogP) is 3.54. The van der Waals surface area contributed by atoms with Gasteiger partial charge in [-0.3, -0.25) is 0 Å². The lowest BCUT2D eigenvalue weighted by molar-refractivity contribution is 0.107. The second-order valence-corrected chi connectivity index (χ2v) is 6.13. The summed E-state index contributed by atoms with van der Waals surface area (Å²) >= 11 is 0. The van der Waals surface area contributed by atoms with Crippen LogP contribution < -0.4 is 10.6 Å². The molecule has 5 nitrogen and oxygen atoms in total. The van der Waals surface area contributed by atoms with Gasteiger partial charge in [-0.1, -0.05) is 49.4 Å². The van der Waals surface area contributed by atoms with Gasteiger partial charge in [-0.2, -0.15) is 0 Å². The van der Waals surface area contributed by atoms with Crippen LogP contribution in [-0.2, 0) is 18.0 Å². The summed E-state index contributed by atoms with van der Waals surface area (Å²) in [4.78, 5) is 11.8. The molecule has 25 heavy (non-hydrogen) atoms. The van der Waals surface area contributed by atoms with Crippen LogP contribution in [-0.4, -0.2) is 24.3 Å². The Bertz CT molecular complexity index is 629. The third-order valence-electron chi connectivity index (χ3n) is 3.83. The summed E-state index contributed by atoms with van der Waals surface area (Å²) in [6.07, 6.45) is 0.679. The average molecular weight is 342 g/mol. The number of aliphatic hydroxyl groups is 1. The summed E-state index contributed by atoms with van der Waals surface area (Å²) < 4.78 is 5.69. The molecule has 0 saturated carbocycles. The fraction of sp³-hybridized carbons (Fsp3) is 0.350. The zero-order valence-corrected chi connectivity index (χ0v) is 14.6. The molecule has 0 fully saturated rings. The SMILES string of the molecule is CC(CCO)CNC(=O)Nc1ccc(COCc2ccccc2)cc1. The zero-order chi connectivity index (χ0) is 17.9. The first-order valence-corrected chi connectivity index (χ1v) is 8.53. The minimum absolute atomic E-state index is 0.137.